The van der Waals surface area contributed by atoms with Crippen LogP contribution in [0, 0.1) is 17.0 Å². The van der Waals surface area contributed by atoms with Gasteiger partial charge in [-0.25, -0.2) is 0 Å². The number of nitrogens with one attached hydrogen (secondary N) is 2. The summed E-state index contributed by atoms with van der Waals surface area (Å²) in [6, 6.07) is 7.94. The van der Waals surface area contributed by atoms with Crippen molar-refractivity contribution in [1.29, 1.82) is 0 Å². The van der Waals surface area contributed by atoms with Gasteiger partial charge >= 0.3 is 0 Å². The highest BCUT2D eigenvalue weighted by molar-refractivity contribution is 7.80. The van der Waals surface area contributed by atoms with E-state index in [2.05, 4.69) is 10.6 Å². The summed E-state index contributed by atoms with van der Waals surface area (Å²) in [5.41, 5.74) is 1.75. The average Bonchev–Trinajstić information content (AvgIpc) is 3.06. The van der Waals surface area contributed by atoms with E-state index in [1.807, 2.05) is 6.92 Å². The maximum atomic E-state index is 11.6. The van der Waals surface area contributed by atoms with Gasteiger partial charge in [-0.05, 0) is 36.8 Å². The molecular weight excluding hydrogens is 318 g/mol. The molecule has 0 atom stereocenters. The van der Waals surface area contributed by atoms with Crippen molar-refractivity contribution in [3.8, 4) is 11.3 Å². The van der Waals surface area contributed by atoms with Crippen LogP contribution >= 0.6 is 12.2 Å². The van der Waals surface area contributed by atoms with Crippen molar-refractivity contribution in [3.63, 3.8) is 0 Å². The van der Waals surface area contributed by atoms with Crippen molar-refractivity contribution in [2.24, 2.45) is 0 Å². The van der Waals surface area contributed by atoms with E-state index < -0.39 is 4.92 Å². The molecule has 0 saturated carbocycles. The second kappa shape index (κ2) is 5.65. The molecule has 2 aromatic rings. The molecule has 1 aromatic heterocycles. The zero-order valence-electron chi connectivity index (χ0n) is 12.0. The van der Waals surface area contributed by atoms with Crippen LogP contribution in [-0.2, 0) is 4.79 Å². The average molecular weight is 329 g/mol. The minimum Gasteiger partial charge on any atom is -0.457 e. The Labute approximate surface area is 136 Å². The molecule has 8 heteroatoms. The summed E-state index contributed by atoms with van der Waals surface area (Å²) in [5.74, 6) is 0.590. The van der Waals surface area contributed by atoms with E-state index in [4.69, 9.17) is 16.6 Å². The Hall–Kier alpha value is -3.00. The maximum Gasteiger partial charge on any atom is 0.274 e. The largest absolute Gasteiger partial charge is 0.457 e. The highest BCUT2D eigenvalue weighted by atomic mass is 32.1. The fraction of sp³-hybridized carbons (Fsp3) is 0.0667. The first-order valence-corrected chi connectivity index (χ1v) is 7.04. The molecular formula is C15H11N3O4S. The molecule has 116 valence electrons. The number of benzene rings is 1. The number of nitrogens with zero attached hydrogens (tertiary/aromatic N) is 1. The van der Waals surface area contributed by atoms with Gasteiger partial charge in [-0.2, -0.15) is 0 Å². The number of non-ortho nitro benzene ring substituents is 1. The molecule has 3 rings (SSSR count). The Bertz CT molecular complexity index is 869. The Morgan fingerprint density at radius 1 is 1.26 bits per heavy atom. The van der Waals surface area contributed by atoms with Crippen molar-refractivity contribution in [1.82, 2.24) is 10.6 Å². The Morgan fingerprint density at radius 2 is 2.04 bits per heavy atom. The van der Waals surface area contributed by atoms with Gasteiger partial charge in [0.2, 0.25) is 0 Å². The lowest BCUT2D eigenvalue weighted by Crippen LogP contribution is -2.21. The number of nitro benzene ring substituents is 1. The molecule has 2 N–H and O–H groups in total. The molecule has 1 amide bonds. The summed E-state index contributed by atoms with van der Waals surface area (Å²) >= 11 is 4.85. The Morgan fingerprint density at radius 3 is 2.70 bits per heavy atom. The first-order chi connectivity index (χ1) is 10.9. The fourth-order valence-electron chi connectivity index (χ4n) is 2.19. The van der Waals surface area contributed by atoms with Crippen LogP contribution in [0.3, 0.4) is 0 Å². The quantitative estimate of drug-likeness (QED) is 0.389. The molecule has 0 unspecified atom stereocenters. The van der Waals surface area contributed by atoms with Crippen molar-refractivity contribution in [2.45, 2.75) is 6.92 Å². The Balaban J connectivity index is 1.95. The van der Waals surface area contributed by atoms with Crippen molar-refractivity contribution in [3.05, 3.63) is 57.5 Å². The van der Waals surface area contributed by atoms with Gasteiger partial charge in [0.15, 0.2) is 5.11 Å². The standard InChI is InChI=1S/C15H11N3O4S/c1-8-2-3-9(18(20)21)6-11(8)13-5-4-10(22-13)7-12-14(19)17-15(23)16-12/h2-7H,1H3,(H2,16,17,19,23)/b12-7-. The molecule has 1 fully saturated rings. The zero-order valence-corrected chi connectivity index (χ0v) is 12.8. The lowest BCUT2D eigenvalue weighted by atomic mass is 10.1. The summed E-state index contributed by atoms with van der Waals surface area (Å²) < 4.78 is 5.67. The monoisotopic (exact) mass is 329 g/mol. The number of amides is 1. The number of carbonyl (C=O) groups excluding carboxylic acids is 1. The third-order valence-electron chi connectivity index (χ3n) is 3.33. The third-order valence-corrected chi connectivity index (χ3v) is 3.53. The Kier molecular flexibility index (Phi) is 3.67. The van der Waals surface area contributed by atoms with Crippen LogP contribution in [0.1, 0.15) is 11.3 Å². The van der Waals surface area contributed by atoms with Crippen molar-refractivity contribution >= 4 is 35.0 Å². The first kappa shape index (κ1) is 14.9. The van der Waals surface area contributed by atoms with E-state index in [0.717, 1.165) is 5.56 Å². The van der Waals surface area contributed by atoms with Crippen molar-refractivity contribution < 1.29 is 14.1 Å². The van der Waals surface area contributed by atoms with Gasteiger partial charge < -0.3 is 9.73 Å². The number of aryl methyl sites for hydroxylation is 1. The van der Waals surface area contributed by atoms with Gasteiger partial charge in [-0.1, -0.05) is 6.07 Å². The second-order valence-corrected chi connectivity index (χ2v) is 5.33. The molecule has 0 radical (unpaired) electrons. The van der Waals surface area contributed by atoms with Gasteiger partial charge in [0, 0.05) is 23.8 Å². The van der Waals surface area contributed by atoms with E-state index in [-0.39, 0.29) is 22.4 Å². The molecule has 0 spiro atoms. The molecule has 7 nitrogen and oxygen atoms in total. The smallest absolute Gasteiger partial charge is 0.274 e. The normalized spacial score (nSPS) is 15.6. The molecule has 2 heterocycles. The number of thiocarbonyl (C=S) groups is 1. The molecule has 1 aliphatic rings. The molecule has 23 heavy (non-hydrogen) atoms. The topological polar surface area (TPSA) is 97.4 Å². The summed E-state index contributed by atoms with van der Waals surface area (Å²) in [5, 5.41) is 16.3. The zero-order chi connectivity index (χ0) is 16.6. The molecule has 1 aliphatic heterocycles. The second-order valence-electron chi connectivity index (χ2n) is 4.92. The summed E-state index contributed by atoms with van der Waals surface area (Å²) in [6.45, 7) is 1.84. The summed E-state index contributed by atoms with van der Waals surface area (Å²) in [6.07, 6.45) is 1.52. The van der Waals surface area contributed by atoms with Crippen LogP contribution < -0.4 is 10.6 Å². The predicted octanol–water partition coefficient (Wildman–Crippen LogP) is 2.51. The van der Waals surface area contributed by atoms with E-state index in [1.165, 1.54) is 18.2 Å². The SMILES string of the molecule is Cc1ccc([N+](=O)[O-])cc1-c1ccc(/C=C2\NC(=S)NC2=O)o1. The lowest BCUT2D eigenvalue weighted by Gasteiger charge is -2.02. The van der Waals surface area contributed by atoms with Gasteiger partial charge in [0.25, 0.3) is 11.6 Å². The van der Waals surface area contributed by atoms with E-state index >= 15 is 0 Å². The van der Waals surface area contributed by atoms with E-state index in [9.17, 15) is 14.9 Å². The highest BCUT2D eigenvalue weighted by Crippen LogP contribution is 2.29. The van der Waals surface area contributed by atoms with Crippen LogP contribution in [0.2, 0.25) is 0 Å². The minimum absolute atomic E-state index is 0.0101. The third kappa shape index (κ3) is 2.97. The minimum atomic E-state index is -0.456. The number of rotatable bonds is 3. The van der Waals surface area contributed by atoms with E-state index in [0.29, 0.717) is 17.1 Å². The first-order valence-electron chi connectivity index (χ1n) is 6.63. The fourth-order valence-corrected chi connectivity index (χ4v) is 2.39. The number of hydrogen-bond acceptors (Lipinski definition) is 5. The number of carbonyl (C=O) groups is 1. The number of hydrogen-bond donors (Lipinski definition) is 2. The number of furan rings is 1. The van der Waals surface area contributed by atoms with Gasteiger partial charge in [0.05, 0.1) is 4.92 Å². The van der Waals surface area contributed by atoms with E-state index in [1.54, 1.807) is 18.2 Å². The van der Waals surface area contributed by atoms with Crippen molar-refractivity contribution in [2.75, 3.05) is 0 Å². The van der Waals surface area contributed by atoms with Gasteiger partial charge in [0.1, 0.15) is 17.2 Å². The highest BCUT2D eigenvalue weighted by Gasteiger charge is 2.21. The van der Waals surface area contributed by atoms with Gasteiger partial charge in [-0.3, -0.25) is 20.2 Å². The van der Waals surface area contributed by atoms with Crippen LogP contribution in [0.5, 0.6) is 0 Å². The maximum absolute atomic E-state index is 11.6. The predicted molar refractivity (Wildman–Crippen MR) is 87.4 cm³/mol. The molecule has 1 saturated heterocycles. The molecule has 1 aromatic carbocycles. The molecule has 0 aliphatic carbocycles. The van der Waals surface area contributed by atoms with Crippen LogP contribution in [-0.4, -0.2) is 15.9 Å². The summed E-state index contributed by atoms with van der Waals surface area (Å²) in [4.78, 5) is 22.0. The van der Waals surface area contributed by atoms with Crippen LogP contribution in [0.15, 0.2) is 40.4 Å². The molecule has 0 bridgehead atoms. The van der Waals surface area contributed by atoms with Crippen LogP contribution in [0.25, 0.3) is 17.4 Å². The summed E-state index contributed by atoms with van der Waals surface area (Å²) in [7, 11) is 0. The number of nitro groups is 1. The van der Waals surface area contributed by atoms with Crippen LogP contribution in [0.4, 0.5) is 5.69 Å². The lowest BCUT2D eigenvalue weighted by molar-refractivity contribution is -0.384. The van der Waals surface area contributed by atoms with Gasteiger partial charge in [-0.15, -0.1) is 0 Å².